The number of fused-ring (bicyclic) bond motifs is 1. The zero-order valence-electron chi connectivity index (χ0n) is 14.4. The zero-order chi connectivity index (χ0) is 19.4. The van der Waals surface area contributed by atoms with Gasteiger partial charge < -0.3 is 0 Å². The van der Waals surface area contributed by atoms with Crippen LogP contribution in [0.5, 0.6) is 0 Å². The SMILES string of the molecule is O=C(NNC(=O)c1cc([N+](=O)[O-])ccc1Cl)c1cc2c(s1)CCCCCC2. The number of halogens is 1. The van der Waals surface area contributed by atoms with Crippen molar-refractivity contribution in [3.05, 3.63) is 60.3 Å². The van der Waals surface area contributed by atoms with Crippen molar-refractivity contribution in [3.63, 3.8) is 0 Å². The van der Waals surface area contributed by atoms with Gasteiger partial charge >= 0.3 is 0 Å². The molecular formula is C18H18ClN3O4S. The van der Waals surface area contributed by atoms with E-state index < -0.39 is 16.7 Å². The van der Waals surface area contributed by atoms with Crippen LogP contribution >= 0.6 is 22.9 Å². The number of rotatable bonds is 3. The van der Waals surface area contributed by atoms with E-state index in [4.69, 9.17) is 11.6 Å². The number of hydrogen-bond donors (Lipinski definition) is 2. The largest absolute Gasteiger partial charge is 0.279 e. The number of nitrogens with one attached hydrogen (secondary N) is 2. The lowest BCUT2D eigenvalue weighted by Crippen LogP contribution is -2.41. The van der Waals surface area contributed by atoms with Crippen LogP contribution in [0.15, 0.2) is 24.3 Å². The molecule has 1 heterocycles. The van der Waals surface area contributed by atoms with Gasteiger partial charge in [0, 0.05) is 17.0 Å². The monoisotopic (exact) mass is 407 g/mol. The highest BCUT2D eigenvalue weighted by molar-refractivity contribution is 7.14. The molecule has 0 aliphatic heterocycles. The molecule has 0 saturated carbocycles. The summed E-state index contributed by atoms with van der Waals surface area (Å²) in [7, 11) is 0. The fraction of sp³-hybridized carbons (Fsp3) is 0.333. The Labute approximate surface area is 164 Å². The van der Waals surface area contributed by atoms with Crippen molar-refractivity contribution >= 4 is 40.4 Å². The van der Waals surface area contributed by atoms with Crippen LogP contribution in [0.3, 0.4) is 0 Å². The van der Waals surface area contributed by atoms with Gasteiger partial charge in [-0.25, -0.2) is 0 Å². The van der Waals surface area contributed by atoms with Crippen molar-refractivity contribution in [1.29, 1.82) is 0 Å². The number of hydrogen-bond acceptors (Lipinski definition) is 5. The number of thiophene rings is 1. The molecule has 2 N–H and O–H groups in total. The Morgan fingerprint density at radius 3 is 2.48 bits per heavy atom. The summed E-state index contributed by atoms with van der Waals surface area (Å²) in [6, 6.07) is 5.43. The Hall–Kier alpha value is -2.45. The summed E-state index contributed by atoms with van der Waals surface area (Å²) in [5.41, 5.74) is 5.50. The number of nitro benzene ring substituents is 1. The lowest BCUT2D eigenvalue weighted by Gasteiger charge is -2.07. The summed E-state index contributed by atoms with van der Waals surface area (Å²) >= 11 is 7.38. The van der Waals surface area contributed by atoms with Crippen LogP contribution in [-0.4, -0.2) is 16.7 Å². The van der Waals surface area contributed by atoms with Gasteiger partial charge in [0.1, 0.15) is 0 Å². The van der Waals surface area contributed by atoms with Crippen LogP contribution in [-0.2, 0) is 12.8 Å². The first-order valence-electron chi connectivity index (χ1n) is 8.62. The van der Waals surface area contributed by atoms with E-state index in [1.54, 1.807) is 0 Å². The molecule has 3 rings (SSSR count). The van der Waals surface area contributed by atoms with E-state index in [1.165, 1.54) is 46.8 Å². The minimum atomic E-state index is -0.716. The molecule has 0 fully saturated rings. The van der Waals surface area contributed by atoms with Crippen LogP contribution in [0.4, 0.5) is 5.69 Å². The van der Waals surface area contributed by atoms with Gasteiger partial charge in [-0.1, -0.05) is 24.4 Å². The minimum absolute atomic E-state index is 0.0615. The molecule has 2 aromatic rings. The van der Waals surface area contributed by atoms with Crippen LogP contribution in [0.25, 0.3) is 0 Å². The normalized spacial score (nSPS) is 13.8. The summed E-state index contributed by atoms with van der Waals surface area (Å²) in [5.74, 6) is -1.13. The molecule has 1 aliphatic carbocycles. The molecule has 7 nitrogen and oxygen atoms in total. The Balaban J connectivity index is 1.67. The lowest BCUT2D eigenvalue weighted by atomic mass is 10.00. The second-order valence-electron chi connectivity index (χ2n) is 6.30. The molecule has 0 bridgehead atoms. The molecule has 1 aromatic heterocycles. The maximum absolute atomic E-state index is 12.4. The fourth-order valence-corrected chi connectivity index (χ4v) is 4.35. The number of hydrazine groups is 1. The fourth-order valence-electron chi connectivity index (χ4n) is 3.00. The van der Waals surface area contributed by atoms with Gasteiger partial charge in [-0.05, 0) is 43.4 Å². The Kier molecular flexibility index (Phi) is 6.08. The molecule has 1 aliphatic rings. The van der Waals surface area contributed by atoms with Gasteiger partial charge in [0.2, 0.25) is 0 Å². The summed E-state index contributed by atoms with van der Waals surface area (Å²) in [6.07, 6.45) is 6.59. The number of benzene rings is 1. The number of nitro groups is 1. The van der Waals surface area contributed by atoms with E-state index in [9.17, 15) is 19.7 Å². The first-order chi connectivity index (χ1) is 13.0. The van der Waals surface area contributed by atoms with Crippen molar-refractivity contribution < 1.29 is 14.5 Å². The maximum Gasteiger partial charge on any atom is 0.279 e. The maximum atomic E-state index is 12.4. The van der Waals surface area contributed by atoms with E-state index in [-0.39, 0.29) is 16.3 Å². The van der Waals surface area contributed by atoms with Crippen molar-refractivity contribution in [2.24, 2.45) is 0 Å². The molecule has 142 valence electrons. The Morgan fingerprint density at radius 1 is 1.04 bits per heavy atom. The summed E-state index contributed by atoms with van der Waals surface area (Å²) in [5, 5.41) is 10.9. The third-order valence-corrected chi connectivity index (χ3v) is 5.98. The highest BCUT2D eigenvalue weighted by atomic mass is 35.5. The van der Waals surface area contributed by atoms with Crippen molar-refractivity contribution in [2.45, 2.75) is 38.5 Å². The lowest BCUT2D eigenvalue weighted by molar-refractivity contribution is -0.384. The second-order valence-corrected chi connectivity index (χ2v) is 7.85. The minimum Gasteiger partial charge on any atom is -0.267 e. The first-order valence-corrected chi connectivity index (χ1v) is 9.81. The first kappa shape index (κ1) is 19.3. The van der Waals surface area contributed by atoms with E-state index in [0.29, 0.717) is 4.88 Å². The highest BCUT2D eigenvalue weighted by Gasteiger charge is 2.19. The molecule has 2 amide bonds. The van der Waals surface area contributed by atoms with E-state index in [0.717, 1.165) is 31.7 Å². The van der Waals surface area contributed by atoms with E-state index in [2.05, 4.69) is 10.9 Å². The second kappa shape index (κ2) is 8.49. The Bertz CT molecular complexity index is 871. The summed E-state index contributed by atoms with van der Waals surface area (Å²) in [4.78, 5) is 36.6. The third-order valence-electron chi connectivity index (χ3n) is 4.42. The predicted octanol–water partition coefficient (Wildman–Crippen LogP) is 4.04. The molecule has 1 aromatic carbocycles. The van der Waals surface area contributed by atoms with Crippen molar-refractivity contribution in [1.82, 2.24) is 10.9 Å². The number of non-ortho nitro benzene ring substituents is 1. The average molecular weight is 408 g/mol. The smallest absolute Gasteiger partial charge is 0.267 e. The molecule has 0 radical (unpaired) electrons. The van der Waals surface area contributed by atoms with E-state index in [1.807, 2.05) is 6.07 Å². The number of carbonyl (C=O) groups is 2. The van der Waals surface area contributed by atoms with Crippen molar-refractivity contribution in [3.8, 4) is 0 Å². The topological polar surface area (TPSA) is 101 Å². The van der Waals surface area contributed by atoms with Gasteiger partial charge in [0.15, 0.2) is 0 Å². The van der Waals surface area contributed by atoms with Crippen molar-refractivity contribution in [2.75, 3.05) is 0 Å². The zero-order valence-corrected chi connectivity index (χ0v) is 16.0. The molecule has 9 heteroatoms. The Morgan fingerprint density at radius 2 is 1.74 bits per heavy atom. The van der Waals surface area contributed by atoms with Gasteiger partial charge in [0.05, 0.1) is 20.4 Å². The molecule has 0 atom stereocenters. The van der Waals surface area contributed by atoms with Crippen LogP contribution in [0.1, 0.15) is 56.2 Å². The molecule has 0 saturated heterocycles. The molecule has 27 heavy (non-hydrogen) atoms. The van der Waals surface area contributed by atoms with Gasteiger partial charge in [-0.3, -0.25) is 30.6 Å². The summed E-state index contributed by atoms with van der Waals surface area (Å²) < 4.78 is 0. The number of amides is 2. The molecule has 0 spiro atoms. The quantitative estimate of drug-likeness (QED) is 0.592. The predicted molar refractivity (Wildman–Crippen MR) is 103 cm³/mol. The van der Waals surface area contributed by atoms with Gasteiger partial charge in [-0.15, -0.1) is 11.3 Å². The van der Waals surface area contributed by atoms with Gasteiger partial charge in [-0.2, -0.15) is 0 Å². The number of nitrogens with zero attached hydrogens (tertiary/aromatic N) is 1. The van der Waals surface area contributed by atoms with Gasteiger partial charge in [0.25, 0.3) is 17.5 Å². The van der Waals surface area contributed by atoms with Crippen LogP contribution in [0.2, 0.25) is 5.02 Å². The highest BCUT2D eigenvalue weighted by Crippen LogP contribution is 2.28. The standard InChI is InChI=1S/C18H18ClN3O4S/c19-14-8-7-12(22(25)26)10-13(14)17(23)20-21-18(24)16-9-11-5-3-1-2-4-6-15(11)27-16/h7-10H,1-6H2,(H,20,23)(H,21,24). The number of aryl methyl sites for hydroxylation is 2. The molecule has 0 unspecified atom stereocenters. The third kappa shape index (κ3) is 4.64. The number of carbonyl (C=O) groups excluding carboxylic acids is 2. The average Bonchev–Trinajstić information content (AvgIpc) is 3.01. The van der Waals surface area contributed by atoms with Crippen LogP contribution in [0, 0.1) is 10.1 Å². The van der Waals surface area contributed by atoms with Crippen LogP contribution < -0.4 is 10.9 Å². The molecular weight excluding hydrogens is 390 g/mol. The summed E-state index contributed by atoms with van der Waals surface area (Å²) in [6.45, 7) is 0. The van der Waals surface area contributed by atoms with E-state index >= 15 is 0 Å².